The summed E-state index contributed by atoms with van der Waals surface area (Å²) in [4.78, 5) is 16.4. The minimum absolute atomic E-state index is 0.291. The van der Waals surface area contributed by atoms with Gasteiger partial charge in [-0.1, -0.05) is 6.07 Å². The van der Waals surface area contributed by atoms with Crippen molar-refractivity contribution in [3.63, 3.8) is 0 Å². The summed E-state index contributed by atoms with van der Waals surface area (Å²) in [5.41, 5.74) is 1.03. The van der Waals surface area contributed by atoms with E-state index >= 15 is 0 Å². The van der Waals surface area contributed by atoms with Gasteiger partial charge in [0.2, 0.25) is 0 Å². The van der Waals surface area contributed by atoms with Crippen molar-refractivity contribution < 1.29 is 22.7 Å². The number of pyridine rings is 1. The first-order valence-electron chi connectivity index (χ1n) is 8.20. The van der Waals surface area contributed by atoms with Gasteiger partial charge in [-0.3, -0.25) is 9.78 Å². The number of anilines is 3. The lowest BCUT2D eigenvalue weighted by atomic mass is 10.2. The van der Waals surface area contributed by atoms with Crippen molar-refractivity contribution in [2.45, 2.75) is 6.18 Å². The number of halogens is 3. The van der Waals surface area contributed by atoms with Gasteiger partial charge in [-0.05, 0) is 42.5 Å². The van der Waals surface area contributed by atoms with E-state index in [1.165, 1.54) is 31.6 Å². The quantitative estimate of drug-likeness (QED) is 0.639. The molecule has 1 heterocycles. The standard InChI is InChI=1S/C20H16F3N3O2/c1-28-18-4-2-3-16(10-18)26-19(27)13-9-17(12-24-11-13)25-15-7-5-14(6-8-15)20(21,22)23/h2-12,25H,1H3,(H,26,27). The van der Waals surface area contributed by atoms with Crippen LogP contribution in [0.1, 0.15) is 15.9 Å². The second-order valence-electron chi connectivity index (χ2n) is 5.85. The number of amides is 1. The molecule has 0 aliphatic heterocycles. The Bertz CT molecular complexity index is 973. The highest BCUT2D eigenvalue weighted by Crippen LogP contribution is 2.30. The fourth-order valence-electron chi connectivity index (χ4n) is 2.45. The van der Waals surface area contributed by atoms with Crippen LogP contribution < -0.4 is 15.4 Å². The Morgan fingerprint density at radius 2 is 1.71 bits per heavy atom. The molecule has 0 radical (unpaired) electrons. The molecule has 0 bridgehead atoms. The summed E-state index contributed by atoms with van der Waals surface area (Å²) in [5, 5.41) is 5.67. The predicted octanol–water partition coefficient (Wildman–Crippen LogP) is 5.10. The van der Waals surface area contributed by atoms with Crippen molar-refractivity contribution in [1.29, 1.82) is 0 Å². The summed E-state index contributed by atoms with van der Waals surface area (Å²) in [6.07, 6.45) is -1.52. The van der Waals surface area contributed by atoms with Crippen molar-refractivity contribution in [2.24, 2.45) is 0 Å². The van der Waals surface area contributed by atoms with E-state index in [1.807, 2.05) is 0 Å². The topological polar surface area (TPSA) is 63.2 Å². The fourth-order valence-corrected chi connectivity index (χ4v) is 2.45. The Morgan fingerprint density at radius 3 is 2.39 bits per heavy atom. The van der Waals surface area contributed by atoms with Gasteiger partial charge in [0.15, 0.2) is 0 Å². The first kappa shape index (κ1) is 19.2. The average Bonchev–Trinajstić information content (AvgIpc) is 2.68. The van der Waals surface area contributed by atoms with Gasteiger partial charge in [0, 0.05) is 23.6 Å². The van der Waals surface area contributed by atoms with Crippen molar-refractivity contribution in [3.8, 4) is 5.75 Å². The number of aromatic nitrogens is 1. The summed E-state index contributed by atoms with van der Waals surface area (Å²) in [5.74, 6) is 0.227. The molecule has 0 spiro atoms. The molecule has 1 aromatic heterocycles. The molecule has 8 heteroatoms. The highest BCUT2D eigenvalue weighted by atomic mass is 19.4. The maximum absolute atomic E-state index is 12.6. The van der Waals surface area contributed by atoms with Gasteiger partial charge < -0.3 is 15.4 Å². The lowest BCUT2D eigenvalue weighted by Gasteiger charge is -2.11. The molecule has 3 rings (SSSR count). The number of hydrogen-bond donors (Lipinski definition) is 2. The molecule has 0 unspecified atom stereocenters. The minimum atomic E-state index is -4.39. The second kappa shape index (κ2) is 7.99. The molecular formula is C20H16F3N3O2. The van der Waals surface area contributed by atoms with E-state index in [1.54, 1.807) is 30.3 Å². The van der Waals surface area contributed by atoms with Crippen LogP contribution in [-0.2, 0) is 6.18 Å². The maximum Gasteiger partial charge on any atom is 0.416 e. The van der Waals surface area contributed by atoms with Gasteiger partial charge in [-0.2, -0.15) is 13.2 Å². The lowest BCUT2D eigenvalue weighted by molar-refractivity contribution is -0.137. The van der Waals surface area contributed by atoms with E-state index in [0.29, 0.717) is 28.4 Å². The number of alkyl halides is 3. The first-order valence-corrected chi connectivity index (χ1v) is 8.20. The molecule has 0 saturated heterocycles. The summed E-state index contributed by atoms with van der Waals surface area (Å²) < 4.78 is 43.0. The summed E-state index contributed by atoms with van der Waals surface area (Å²) >= 11 is 0. The smallest absolute Gasteiger partial charge is 0.416 e. The van der Waals surface area contributed by atoms with E-state index < -0.39 is 11.7 Å². The number of nitrogens with one attached hydrogen (secondary N) is 2. The third kappa shape index (κ3) is 4.79. The number of carbonyl (C=O) groups is 1. The highest BCUT2D eigenvalue weighted by Gasteiger charge is 2.29. The molecule has 0 saturated carbocycles. The number of hydrogen-bond acceptors (Lipinski definition) is 4. The number of nitrogens with zero attached hydrogens (tertiary/aromatic N) is 1. The van der Waals surface area contributed by atoms with Crippen molar-refractivity contribution >= 4 is 23.0 Å². The molecule has 3 aromatic rings. The number of benzene rings is 2. The van der Waals surface area contributed by atoms with Crippen LogP contribution in [0.2, 0.25) is 0 Å². The third-order valence-electron chi connectivity index (χ3n) is 3.83. The van der Waals surface area contributed by atoms with E-state index in [9.17, 15) is 18.0 Å². The Labute approximate surface area is 159 Å². The van der Waals surface area contributed by atoms with Crippen LogP contribution in [0.4, 0.5) is 30.2 Å². The molecule has 0 atom stereocenters. The minimum Gasteiger partial charge on any atom is -0.497 e. The average molecular weight is 387 g/mol. The molecule has 5 nitrogen and oxygen atoms in total. The first-order chi connectivity index (χ1) is 13.3. The summed E-state index contributed by atoms with van der Waals surface area (Å²) in [6, 6.07) is 13.0. The van der Waals surface area contributed by atoms with Crippen LogP contribution in [-0.4, -0.2) is 18.0 Å². The number of methoxy groups -OCH3 is 1. The Hall–Kier alpha value is -3.55. The molecular weight excluding hydrogens is 371 g/mol. The zero-order chi connectivity index (χ0) is 20.1. The van der Waals surface area contributed by atoms with Crippen LogP contribution in [0, 0.1) is 0 Å². The maximum atomic E-state index is 12.6. The van der Waals surface area contributed by atoms with E-state index in [2.05, 4.69) is 15.6 Å². The van der Waals surface area contributed by atoms with Crippen molar-refractivity contribution in [2.75, 3.05) is 17.7 Å². The zero-order valence-corrected chi connectivity index (χ0v) is 14.7. The van der Waals surface area contributed by atoms with Crippen LogP contribution in [0.25, 0.3) is 0 Å². The lowest BCUT2D eigenvalue weighted by Crippen LogP contribution is -2.12. The fraction of sp³-hybridized carbons (Fsp3) is 0.100. The molecule has 0 fully saturated rings. The van der Waals surface area contributed by atoms with Gasteiger partial charge in [0.1, 0.15) is 5.75 Å². The highest BCUT2D eigenvalue weighted by molar-refractivity contribution is 6.04. The van der Waals surface area contributed by atoms with Gasteiger partial charge in [-0.15, -0.1) is 0 Å². The zero-order valence-electron chi connectivity index (χ0n) is 14.7. The number of carbonyl (C=O) groups excluding carboxylic acids is 1. The van der Waals surface area contributed by atoms with Gasteiger partial charge >= 0.3 is 6.18 Å². The molecule has 0 aliphatic rings. The molecule has 2 N–H and O–H groups in total. The second-order valence-corrected chi connectivity index (χ2v) is 5.85. The Kier molecular flexibility index (Phi) is 5.49. The van der Waals surface area contributed by atoms with Crippen LogP contribution in [0.15, 0.2) is 67.0 Å². The SMILES string of the molecule is COc1cccc(NC(=O)c2cncc(Nc3ccc(C(F)(F)F)cc3)c2)c1. The molecule has 1 amide bonds. The molecule has 2 aromatic carbocycles. The van der Waals surface area contributed by atoms with Crippen LogP contribution >= 0.6 is 0 Å². The van der Waals surface area contributed by atoms with Crippen LogP contribution in [0.5, 0.6) is 5.75 Å². The van der Waals surface area contributed by atoms with Gasteiger partial charge in [0.25, 0.3) is 5.91 Å². The number of ether oxygens (including phenoxy) is 1. The van der Waals surface area contributed by atoms with Gasteiger partial charge in [0.05, 0.1) is 30.1 Å². The number of rotatable bonds is 5. The Balaban J connectivity index is 1.72. The molecule has 0 aliphatic carbocycles. The summed E-state index contributed by atoms with van der Waals surface area (Å²) in [6.45, 7) is 0. The van der Waals surface area contributed by atoms with E-state index in [4.69, 9.17) is 4.74 Å². The normalized spacial score (nSPS) is 11.0. The van der Waals surface area contributed by atoms with E-state index in [-0.39, 0.29) is 5.91 Å². The van der Waals surface area contributed by atoms with E-state index in [0.717, 1.165) is 12.1 Å². The summed E-state index contributed by atoms with van der Waals surface area (Å²) in [7, 11) is 1.53. The van der Waals surface area contributed by atoms with Crippen LogP contribution in [0.3, 0.4) is 0 Å². The van der Waals surface area contributed by atoms with Gasteiger partial charge in [-0.25, -0.2) is 0 Å². The Morgan fingerprint density at radius 1 is 0.964 bits per heavy atom. The van der Waals surface area contributed by atoms with Crippen molar-refractivity contribution in [3.05, 3.63) is 78.1 Å². The largest absolute Gasteiger partial charge is 0.497 e. The molecule has 28 heavy (non-hydrogen) atoms. The predicted molar refractivity (Wildman–Crippen MR) is 99.9 cm³/mol. The molecule has 144 valence electrons. The monoisotopic (exact) mass is 387 g/mol. The van der Waals surface area contributed by atoms with Crippen molar-refractivity contribution in [1.82, 2.24) is 4.98 Å². The third-order valence-corrected chi connectivity index (χ3v) is 3.83.